The summed E-state index contributed by atoms with van der Waals surface area (Å²) in [7, 11) is 0. The Morgan fingerprint density at radius 2 is 2.00 bits per heavy atom. The monoisotopic (exact) mass is 296 g/mol. The Bertz CT molecular complexity index is 725. The quantitative estimate of drug-likeness (QED) is 0.924. The summed E-state index contributed by atoms with van der Waals surface area (Å²) in [6, 6.07) is 11.0. The minimum atomic E-state index is -1.10. The predicted molar refractivity (Wildman–Crippen MR) is 80.8 cm³/mol. The maximum Gasteiger partial charge on any atom is 0.354 e. The number of nitrogens with zero attached hydrogens (tertiary/aromatic N) is 2. The molecule has 2 aromatic rings. The third-order valence-corrected chi connectivity index (χ3v) is 4.09. The van der Waals surface area contributed by atoms with Crippen molar-refractivity contribution in [1.29, 1.82) is 0 Å². The zero-order valence-electron chi connectivity index (χ0n) is 12.2. The fourth-order valence-electron chi connectivity index (χ4n) is 2.86. The topological polar surface area (TPSA) is 70.5 Å². The smallest absolute Gasteiger partial charge is 0.354 e. The zero-order valence-corrected chi connectivity index (χ0v) is 12.2. The van der Waals surface area contributed by atoms with Crippen LogP contribution in [0, 0.1) is 0 Å². The number of hydrogen-bond donors (Lipinski definition) is 1. The summed E-state index contributed by atoms with van der Waals surface area (Å²) in [5, 5.41) is 8.86. The molecule has 5 nitrogen and oxygen atoms in total. The van der Waals surface area contributed by atoms with Crippen molar-refractivity contribution in [2.24, 2.45) is 0 Å². The van der Waals surface area contributed by atoms with Gasteiger partial charge in [-0.05, 0) is 36.6 Å². The second-order valence-corrected chi connectivity index (χ2v) is 5.36. The minimum absolute atomic E-state index is 0.00315. The highest BCUT2D eigenvalue weighted by molar-refractivity contribution is 5.95. The van der Waals surface area contributed by atoms with E-state index in [2.05, 4.69) is 11.1 Å². The van der Waals surface area contributed by atoms with E-state index in [0.29, 0.717) is 12.1 Å². The van der Waals surface area contributed by atoms with Crippen LogP contribution in [-0.4, -0.2) is 33.4 Å². The average Bonchev–Trinajstić information content (AvgIpc) is 2.55. The lowest BCUT2D eigenvalue weighted by Gasteiger charge is -2.35. The molecule has 112 valence electrons. The molecule has 1 aromatic carbocycles. The van der Waals surface area contributed by atoms with E-state index in [0.717, 1.165) is 12.0 Å². The van der Waals surface area contributed by atoms with Gasteiger partial charge in [0, 0.05) is 12.7 Å². The Kier molecular flexibility index (Phi) is 3.63. The number of carbonyl (C=O) groups excluding carboxylic acids is 1. The number of aromatic nitrogens is 1. The lowest BCUT2D eigenvalue weighted by Crippen LogP contribution is -2.38. The van der Waals surface area contributed by atoms with Crippen molar-refractivity contribution in [2.45, 2.75) is 19.4 Å². The molecule has 1 unspecified atom stereocenters. The first kappa shape index (κ1) is 14.3. The van der Waals surface area contributed by atoms with Gasteiger partial charge < -0.3 is 10.0 Å². The molecule has 0 radical (unpaired) electrons. The molecule has 2 heterocycles. The highest BCUT2D eigenvalue weighted by atomic mass is 16.4. The Labute approximate surface area is 128 Å². The Balaban J connectivity index is 1.85. The van der Waals surface area contributed by atoms with E-state index in [1.54, 1.807) is 4.90 Å². The normalized spacial score (nSPS) is 17.0. The summed E-state index contributed by atoms with van der Waals surface area (Å²) in [5.74, 6) is -1.22. The number of benzene rings is 1. The van der Waals surface area contributed by atoms with Gasteiger partial charge in [-0.25, -0.2) is 9.78 Å². The fraction of sp³-hybridized carbons (Fsp3) is 0.235. The molecule has 1 aliphatic rings. The molecule has 1 amide bonds. The van der Waals surface area contributed by atoms with Crippen molar-refractivity contribution in [3.8, 4) is 0 Å². The van der Waals surface area contributed by atoms with Crippen molar-refractivity contribution >= 4 is 11.9 Å². The van der Waals surface area contributed by atoms with Crippen molar-refractivity contribution in [1.82, 2.24) is 9.88 Å². The fourth-order valence-corrected chi connectivity index (χ4v) is 2.86. The highest BCUT2D eigenvalue weighted by Crippen LogP contribution is 2.30. The maximum atomic E-state index is 12.6. The molecular weight excluding hydrogens is 280 g/mol. The van der Waals surface area contributed by atoms with Crippen LogP contribution in [0.25, 0.3) is 0 Å². The second-order valence-electron chi connectivity index (χ2n) is 5.36. The number of pyridine rings is 1. The number of hydrogen-bond acceptors (Lipinski definition) is 3. The first-order valence-electron chi connectivity index (χ1n) is 7.16. The Morgan fingerprint density at radius 3 is 2.68 bits per heavy atom. The van der Waals surface area contributed by atoms with Crippen molar-refractivity contribution < 1.29 is 14.7 Å². The van der Waals surface area contributed by atoms with E-state index < -0.39 is 5.97 Å². The summed E-state index contributed by atoms with van der Waals surface area (Å²) in [5.41, 5.74) is 2.79. The molecule has 0 fully saturated rings. The molecule has 1 aromatic heterocycles. The van der Waals surface area contributed by atoms with Crippen LogP contribution >= 0.6 is 0 Å². The van der Waals surface area contributed by atoms with E-state index in [1.807, 2.05) is 25.1 Å². The summed E-state index contributed by atoms with van der Waals surface area (Å²) in [6.45, 7) is 2.66. The summed E-state index contributed by atoms with van der Waals surface area (Å²) in [4.78, 5) is 29.1. The SMILES string of the molecule is CC1c2ccccc2CCN1C(=O)c1ccc(C(=O)O)nc1. The van der Waals surface area contributed by atoms with Gasteiger partial charge in [0.25, 0.3) is 5.91 Å². The maximum absolute atomic E-state index is 12.6. The summed E-state index contributed by atoms with van der Waals surface area (Å²) >= 11 is 0. The number of amides is 1. The highest BCUT2D eigenvalue weighted by Gasteiger charge is 2.28. The van der Waals surface area contributed by atoms with E-state index >= 15 is 0 Å². The molecule has 0 saturated heterocycles. The average molecular weight is 296 g/mol. The molecule has 1 aliphatic heterocycles. The van der Waals surface area contributed by atoms with E-state index in [-0.39, 0.29) is 17.6 Å². The molecule has 0 aliphatic carbocycles. The van der Waals surface area contributed by atoms with Gasteiger partial charge in [-0.15, -0.1) is 0 Å². The van der Waals surface area contributed by atoms with Crippen LogP contribution in [0.4, 0.5) is 0 Å². The molecule has 3 rings (SSSR count). The van der Waals surface area contributed by atoms with Gasteiger partial charge in [0.15, 0.2) is 0 Å². The molecule has 0 spiro atoms. The van der Waals surface area contributed by atoms with Gasteiger partial charge >= 0.3 is 5.97 Å². The minimum Gasteiger partial charge on any atom is -0.477 e. The van der Waals surface area contributed by atoms with Gasteiger partial charge in [0.2, 0.25) is 0 Å². The van der Waals surface area contributed by atoms with Crippen LogP contribution in [-0.2, 0) is 6.42 Å². The number of aromatic carboxylic acids is 1. The first-order chi connectivity index (χ1) is 10.6. The predicted octanol–water partition coefficient (Wildman–Crippen LogP) is 2.54. The lowest BCUT2D eigenvalue weighted by atomic mass is 9.93. The molecule has 0 bridgehead atoms. The van der Waals surface area contributed by atoms with Gasteiger partial charge in [-0.3, -0.25) is 4.79 Å². The number of carboxylic acid groups (broad SMARTS) is 1. The van der Waals surface area contributed by atoms with Crippen LogP contribution in [0.1, 0.15) is 44.9 Å². The van der Waals surface area contributed by atoms with Crippen LogP contribution in [0.15, 0.2) is 42.6 Å². The summed E-state index contributed by atoms with van der Waals surface area (Å²) < 4.78 is 0. The Hall–Kier alpha value is -2.69. The lowest BCUT2D eigenvalue weighted by molar-refractivity contribution is 0.0667. The van der Waals surface area contributed by atoms with Crippen LogP contribution in [0.2, 0.25) is 0 Å². The van der Waals surface area contributed by atoms with E-state index in [1.165, 1.54) is 23.9 Å². The second kappa shape index (κ2) is 5.60. The molecule has 1 N–H and O–H groups in total. The molecular formula is C17H16N2O3. The van der Waals surface area contributed by atoms with E-state index in [9.17, 15) is 9.59 Å². The number of rotatable bonds is 2. The van der Waals surface area contributed by atoms with Crippen molar-refractivity contribution in [2.75, 3.05) is 6.54 Å². The zero-order chi connectivity index (χ0) is 15.7. The number of carboxylic acids is 1. The molecule has 0 saturated carbocycles. The first-order valence-corrected chi connectivity index (χ1v) is 7.16. The Morgan fingerprint density at radius 1 is 1.23 bits per heavy atom. The van der Waals surface area contributed by atoms with Crippen LogP contribution in [0.3, 0.4) is 0 Å². The summed E-state index contributed by atoms with van der Waals surface area (Å²) in [6.07, 6.45) is 2.16. The van der Waals surface area contributed by atoms with Crippen molar-refractivity contribution in [3.05, 3.63) is 65.0 Å². The van der Waals surface area contributed by atoms with Gasteiger partial charge in [-0.1, -0.05) is 24.3 Å². The standard InChI is InChI=1S/C17H16N2O3/c1-11-14-5-3-2-4-12(14)8-9-19(11)16(20)13-6-7-15(17(21)22)18-10-13/h2-7,10-11H,8-9H2,1H3,(H,21,22). The van der Waals surface area contributed by atoms with Gasteiger partial charge in [-0.2, -0.15) is 0 Å². The van der Waals surface area contributed by atoms with Crippen LogP contribution < -0.4 is 0 Å². The largest absolute Gasteiger partial charge is 0.477 e. The third-order valence-electron chi connectivity index (χ3n) is 4.09. The molecule has 1 atom stereocenters. The third kappa shape index (κ3) is 2.45. The molecule has 22 heavy (non-hydrogen) atoms. The van der Waals surface area contributed by atoms with E-state index in [4.69, 9.17) is 5.11 Å². The number of carbonyl (C=O) groups is 2. The van der Waals surface area contributed by atoms with Crippen molar-refractivity contribution in [3.63, 3.8) is 0 Å². The van der Waals surface area contributed by atoms with Crippen LogP contribution in [0.5, 0.6) is 0 Å². The number of fused-ring (bicyclic) bond motifs is 1. The molecule has 5 heteroatoms. The van der Waals surface area contributed by atoms with Gasteiger partial charge in [0.1, 0.15) is 5.69 Å². The van der Waals surface area contributed by atoms with Gasteiger partial charge in [0.05, 0.1) is 11.6 Å².